The van der Waals surface area contributed by atoms with Crippen LogP contribution in [-0.2, 0) is 5.41 Å². The van der Waals surface area contributed by atoms with Crippen LogP contribution >= 0.6 is 0 Å². The molecule has 16 rings (SSSR count). The molecule has 5 heteroatoms. The Balaban J connectivity index is 0.000000147. The minimum atomic E-state index is -0.0795. The number of nitrogens with zero attached hydrogens (tertiary/aromatic N) is 5. The minimum absolute atomic E-state index is 0.0795. The maximum Gasteiger partial charge on any atom is 0.137 e. The third-order valence-corrected chi connectivity index (χ3v) is 17.0. The summed E-state index contributed by atoms with van der Waals surface area (Å²) in [7, 11) is 0. The van der Waals surface area contributed by atoms with Crippen molar-refractivity contribution in [3.8, 4) is 44.8 Å². The summed E-state index contributed by atoms with van der Waals surface area (Å²) >= 11 is 0. The molecule has 12 aromatic carbocycles. The highest BCUT2D eigenvalue weighted by Crippen LogP contribution is 2.51. The Morgan fingerprint density at radius 1 is 0.282 bits per heavy atom. The van der Waals surface area contributed by atoms with E-state index >= 15 is 0 Å². The summed E-state index contributed by atoms with van der Waals surface area (Å²) in [6.45, 7) is 4.66. The van der Waals surface area contributed by atoms with Gasteiger partial charge >= 0.3 is 0 Å². The monoisotopic (exact) mass is 1090 g/mol. The van der Waals surface area contributed by atoms with Gasteiger partial charge in [0, 0.05) is 73.0 Å². The summed E-state index contributed by atoms with van der Waals surface area (Å²) in [4.78, 5) is 9.35. The van der Waals surface area contributed by atoms with Crippen LogP contribution in [0.1, 0.15) is 25.0 Å². The predicted octanol–water partition coefficient (Wildman–Crippen LogP) is 21.5. The molecule has 0 saturated heterocycles. The van der Waals surface area contributed by atoms with Crippen LogP contribution in [0.2, 0.25) is 0 Å². The Kier molecular flexibility index (Phi) is 12.8. The quantitative estimate of drug-likeness (QED) is 0.137. The number of rotatable bonds is 10. The lowest BCUT2D eigenvalue weighted by molar-refractivity contribution is 0.660. The van der Waals surface area contributed by atoms with Crippen molar-refractivity contribution < 1.29 is 0 Å². The highest BCUT2D eigenvalue weighted by molar-refractivity contribution is 6.11. The van der Waals surface area contributed by atoms with Gasteiger partial charge in [-0.1, -0.05) is 202 Å². The molecule has 3 aromatic heterocycles. The van der Waals surface area contributed by atoms with Crippen LogP contribution in [-0.4, -0.2) is 14.1 Å². The number of fused-ring (bicyclic) bond motifs is 9. The molecule has 0 amide bonds. The van der Waals surface area contributed by atoms with Gasteiger partial charge in [0.25, 0.3) is 0 Å². The fourth-order valence-corrected chi connectivity index (χ4v) is 12.9. The summed E-state index contributed by atoms with van der Waals surface area (Å²) < 4.78 is 4.72. The molecule has 0 spiro atoms. The zero-order valence-electron chi connectivity index (χ0n) is 47.3. The van der Waals surface area contributed by atoms with E-state index in [4.69, 9.17) is 4.98 Å². The molecule has 1 aliphatic carbocycles. The van der Waals surface area contributed by atoms with E-state index in [9.17, 15) is 0 Å². The van der Waals surface area contributed by atoms with Gasteiger partial charge in [-0.15, -0.1) is 0 Å². The Morgan fingerprint density at radius 2 is 0.694 bits per heavy atom. The van der Waals surface area contributed by atoms with Crippen LogP contribution in [0.3, 0.4) is 0 Å². The van der Waals surface area contributed by atoms with Crippen LogP contribution in [0.4, 0.5) is 34.3 Å². The first-order valence-corrected chi connectivity index (χ1v) is 29.2. The molecule has 0 unspecified atom stereocenters. The van der Waals surface area contributed by atoms with Crippen molar-refractivity contribution >= 4 is 77.9 Å². The van der Waals surface area contributed by atoms with Crippen LogP contribution in [0.25, 0.3) is 88.4 Å². The first-order chi connectivity index (χ1) is 41.9. The van der Waals surface area contributed by atoms with E-state index < -0.39 is 0 Å². The number of pyridine rings is 1. The van der Waals surface area contributed by atoms with Gasteiger partial charge in [0.1, 0.15) is 5.82 Å². The second-order valence-electron chi connectivity index (χ2n) is 22.4. The SMILES string of the molecule is CC1(C)c2ccccc2-c2ccc(N(c3ccc(-c4ccc5c(c4)c4ccccc4n5-c4ccccc4)cc3)c3ccccn3)cc21.c1ccc(N(c2ccccc2)c2ccc(-c3ccc(-n4c5ccccc5c5ccccc54)cc3)cc2)cc1. The molecule has 3 heterocycles. The molecule has 0 N–H and O–H groups in total. The van der Waals surface area contributed by atoms with Crippen molar-refractivity contribution in [1.82, 2.24) is 14.1 Å². The molecule has 0 aliphatic heterocycles. The molecule has 0 atom stereocenters. The summed E-state index contributed by atoms with van der Waals surface area (Å²) in [5.74, 6) is 0.892. The molecule has 0 saturated carbocycles. The fraction of sp³-hybridized carbons (Fsp3) is 0.0375. The van der Waals surface area contributed by atoms with Gasteiger partial charge < -0.3 is 14.0 Å². The molecule has 5 nitrogen and oxygen atoms in total. The lowest BCUT2D eigenvalue weighted by atomic mass is 9.82. The molecule has 0 bridgehead atoms. The Bertz CT molecular complexity index is 4780. The zero-order valence-corrected chi connectivity index (χ0v) is 47.3. The Hall–Kier alpha value is -11.0. The fourth-order valence-electron chi connectivity index (χ4n) is 12.9. The van der Waals surface area contributed by atoms with Crippen LogP contribution < -0.4 is 9.80 Å². The minimum Gasteiger partial charge on any atom is -0.311 e. The van der Waals surface area contributed by atoms with Crippen LogP contribution in [0.5, 0.6) is 0 Å². The van der Waals surface area contributed by atoms with Gasteiger partial charge in [-0.25, -0.2) is 4.98 Å². The van der Waals surface area contributed by atoms with Crippen molar-refractivity contribution in [3.63, 3.8) is 0 Å². The normalized spacial score (nSPS) is 12.2. The Morgan fingerprint density at radius 3 is 1.27 bits per heavy atom. The van der Waals surface area contributed by atoms with E-state index in [-0.39, 0.29) is 5.41 Å². The summed E-state index contributed by atoms with van der Waals surface area (Å²) in [6, 6.07) is 113. The van der Waals surface area contributed by atoms with Crippen molar-refractivity contribution in [2.24, 2.45) is 0 Å². The first-order valence-electron chi connectivity index (χ1n) is 29.2. The number of hydrogen-bond acceptors (Lipinski definition) is 3. The Labute approximate surface area is 495 Å². The van der Waals surface area contributed by atoms with E-state index in [1.165, 1.54) is 99.5 Å². The molecule has 15 aromatic rings. The summed E-state index contributed by atoms with van der Waals surface area (Å²) in [5.41, 5.74) is 22.9. The van der Waals surface area contributed by atoms with Crippen LogP contribution in [0.15, 0.2) is 322 Å². The maximum absolute atomic E-state index is 4.80. The van der Waals surface area contributed by atoms with E-state index in [2.05, 4.69) is 342 Å². The predicted molar refractivity (Wildman–Crippen MR) is 357 cm³/mol. The van der Waals surface area contributed by atoms with E-state index in [0.29, 0.717) is 0 Å². The number of para-hydroxylation sites is 6. The third-order valence-electron chi connectivity index (χ3n) is 17.0. The highest BCUT2D eigenvalue weighted by Gasteiger charge is 2.36. The molecule has 1 aliphatic rings. The lowest BCUT2D eigenvalue weighted by Crippen LogP contribution is -2.16. The molecule has 85 heavy (non-hydrogen) atoms. The van der Waals surface area contributed by atoms with Crippen molar-refractivity contribution in [2.75, 3.05) is 9.80 Å². The van der Waals surface area contributed by atoms with Crippen LogP contribution in [0, 0.1) is 0 Å². The first kappa shape index (κ1) is 50.9. The number of hydrogen-bond donors (Lipinski definition) is 0. The summed E-state index contributed by atoms with van der Waals surface area (Å²) in [6.07, 6.45) is 1.87. The summed E-state index contributed by atoms with van der Waals surface area (Å²) in [5, 5.41) is 5.07. The standard InChI is InChI=1S/C44H33N3.C36H26N2/c1-44(2)39-16-8-6-14-35(39)36-25-24-34(29-40(36)44)46(43-18-10-11-27-45-43)33-22-19-30(20-23-33)31-21-26-42-38(28-31)37-15-7-9-17-41(37)47(42)32-12-4-3-5-13-32;1-3-11-29(12-4-1)37(30-13-5-2-6-14-30)31-23-19-27(20-24-31)28-21-25-32(26-22-28)38-35-17-9-7-15-33(35)34-16-8-10-18-36(34)38/h3-29H,1-2H3;1-26H. The number of benzene rings is 12. The van der Waals surface area contributed by atoms with Gasteiger partial charge in [0.05, 0.1) is 22.1 Å². The average molecular weight is 1090 g/mol. The molecule has 404 valence electrons. The topological polar surface area (TPSA) is 29.2 Å². The maximum atomic E-state index is 4.80. The largest absolute Gasteiger partial charge is 0.311 e. The second kappa shape index (κ2) is 21.4. The highest BCUT2D eigenvalue weighted by atomic mass is 15.2. The number of aromatic nitrogens is 3. The second-order valence-corrected chi connectivity index (χ2v) is 22.4. The third kappa shape index (κ3) is 9.11. The van der Waals surface area contributed by atoms with Gasteiger partial charge in [-0.05, 0) is 172 Å². The van der Waals surface area contributed by atoms with E-state index in [1.807, 2.05) is 12.3 Å². The lowest BCUT2D eigenvalue weighted by Gasteiger charge is -2.27. The van der Waals surface area contributed by atoms with E-state index in [1.54, 1.807) is 0 Å². The zero-order chi connectivity index (χ0) is 56.8. The molecule has 0 fully saturated rings. The van der Waals surface area contributed by atoms with Gasteiger partial charge in [-0.3, -0.25) is 4.90 Å². The average Bonchev–Trinajstić information content (AvgIpc) is 4.29. The van der Waals surface area contributed by atoms with Crippen molar-refractivity contribution in [3.05, 3.63) is 333 Å². The van der Waals surface area contributed by atoms with E-state index in [0.717, 1.165) is 34.3 Å². The smallest absolute Gasteiger partial charge is 0.137 e. The van der Waals surface area contributed by atoms with Gasteiger partial charge in [-0.2, -0.15) is 0 Å². The van der Waals surface area contributed by atoms with Gasteiger partial charge in [0.2, 0.25) is 0 Å². The van der Waals surface area contributed by atoms with Gasteiger partial charge in [0.15, 0.2) is 0 Å². The number of anilines is 6. The molecular weight excluding hydrogens is 1030 g/mol. The molecular formula is C80H59N5. The van der Waals surface area contributed by atoms with Crippen molar-refractivity contribution in [1.29, 1.82) is 0 Å². The molecule has 0 radical (unpaired) electrons. The van der Waals surface area contributed by atoms with Crippen molar-refractivity contribution in [2.45, 2.75) is 19.3 Å².